The van der Waals surface area contributed by atoms with Crippen molar-refractivity contribution in [1.29, 1.82) is 0 Å². The first-order chi connectivity index (χ1) is 20.3. The van der Waals surface area contributed by atoms with Gasteiger partial charge in [-0.1, -0.05) is 144 Å². The fourth-order valence-corrected chi connectivity index (χ4v) is 4.03. The number of nitrogens with zero attached hydrogens (tertiary/aromatic N) is 1. The molecule has 0 fully saturated rings. The normalized spacial score (nSPS) is 9.89. The van der Waals surface area contributed by atoms with Gasteiger partial charge in [-0.3, -0.25) is 4.79 Å². The van der Waals surface area contributed by atoms with Crippen molar-refractivity contribution >= 4 is 11.9 Å². The number of hydrogen-bond donors (Lipinski definition) is 2. The molecule has 0 amide bonds. The topological polar surface area (TPSA) is 83.8 Å². The standard InChI is InChI=1S/C11H14O2.C10H14.C8H20N.C8H16O3.9CH4.ClH/c1-3-8(2)9-4-6-10(7-5-9)11(12)13;1-3-9(2)10-7-5-4-6-8-10;1-5-9(6-2,7-3)8-4;1-4-8(2,3)7(10)11-6-5-9;;;;;;;;;;/h4-8H,3H2,1-2H3,(H,12,13);4-9H,3H2,1-2H3;5-8H2,1-4H3;9H,4-6H2,1-3H3;9*1H4;1H/q;;+1;;;;;;;;;;;/p-1. The third-order valence-electron chi connectivity index (χ3n) is 8.76. The molecule has 2 aromatic rings. The van der Waals surface area contributed by atoms with Crippen LogP contribution >= 0.6 is 0 Å². The zero-order chi connectivity index (χ0) is 33.5. The van der Waals surface area contributed by atoms with Gasteiger partial charge in [-0.25, -0.2) is 4.79 Å². The lowest BCUT2D eigenvalue weighted by molar-refractivity contribution is -0.921. The minimum absolute atomic E-state index is 0. The van der Waals surface area contributed by atoms with Gasteiger partial charge in [0.05, 0.1) is 43.8 Å². The first-order valence-corrected chi connectivity index (χ1v) is 16.3. The van der Waals surface area contributed by atoms with E-state index >= 15 is 0 Å². The van der Waals surface area contributed by atoms with Gasteiger partial charge in [0.25, 0.3) is 0 Å². The van der Waals surface area contributed by atoms with E-state index in [9.17, 15) is 9.59 Å². The predicted octanol–water partition coefficient (Wildman–Crippen LogP) is 11.7. The second-order valence-corrected chi connectivity index (χ2v) is 11.7. The maximum Gasteiger partial charge on any atom is 0.335 e. The number of aliphatic hydroxyl groups is 1. The molecular formula is C46H100ClNO5. The Kier molecular flexibility index (Phi) is 75.0. The zero-order valence-corrected chi connectivity index (χ0v) is 30.4. The molecule has 0 aliphatic heterocycles. The number of carbonyl (C=O) groups is 2. The molecule has 0 aliphatic rings. The van der Waals surface area contributed by atoms with Crippen LogP contribution in [-0.4, -0.2) is 66.0 Å². The van der Waals surface area contributed by atoms with E-state index in [2.05, 4.69) is 85.7 Å². The molecule has 0 saturated heterocycles. The number of benzene rings is 2. The summed E-state index contributed by atoms with van der Waals surface area (Å²) in [6.45, 7) is 28.5. The van der Waals surface area contributed by atoms with Crippen LogP contribution in [0, 0.1) is 5.41 Å². The molecule has 0 heterocycles. The molecule has 2 unspecified atom stereocenters. The van der Waals surface area contributed by atoms with E-state index in [-0.39, 0.29) is 98.4 Å². The molecule has 7 heteroatoms. The number of carboxylic acid groups (broad SMARTS) is 1. The number of hydrogen-bond acceptors (Lipinski definition) is 4. The fourth-order valence-electron chi connectivity index (χ4n) is 4.03. The predicted molar refractivity (Wildman–Crippen MR) is 242 cm³/mol. The summed E-state index contributed by atoms with van der Waals surface area (Å²) in [5.41, 5.74) is 2.58. The van der Waals surface area contributed by atoms with E-state index in [1.54, 1.807) is 12.1 Å². The van der Waals surface area contributed by atoms with Crippen LogP contribution in [0.1, 0.15) is 196 Å². The second-order valence-electron chi connectivity index (χ2n) is 11.7. The average molecular weight is 783 g/mol. The number of quaternary nitrogens is 1. The lowest BCUT2D eigenvalue weighted by atomic mass is 9.91. The van der Waals surface area contributed by atoms with Crippen molar-refractivity contribution in [3.63, 3.8) is 0 Å². The third kappa shape index (κ3) is 35.1. The quantitative estimate of drug-likeness (QED) is 0.156. The summed E-state index contributed by atoms with van der Waals surface area (Å²) in [6.07, 6.45) is 3.05. The Morgan fingerprint density at radius 2 is 0.981 bits per heavy atom. The summed E-state index contributed by atoms with van der Waals surface area (Å²) >= 11 is 0. The van der Waals surface area contributed by atoms with Crippen molar-refractivity contribution in [2.24, 2.45) is 5.41 Å². The van der Waals surface area contributed by atoms with E-state index in [4.69, 9.17) is 14.9 Å². The highest BCUT2D eigenvalue weighted by Gasteiger charge is 2.26. The van der Waals surface area contributed by atoms with Gasteiger partial charge in [-0.15, -0.1) is 0 Å². The number of aromatic carboxylic acids is 1. The van der Waals surface area contributed by atoms with Crippen LogP contribution in [0.2, 0.25) is 0 Å². The molecule has 53 heavy (non-hydrogen) atoms. The number of rotatable bonds is 13. The van der Waals surface area contributed by atoms with Gasteiger partial charge >= 0.3 is 11.9 Å². The number of esters is 1. The molecule has 0 spiro atoms. The van der Waals surface area contributed by atoms with Crippen molar-refractivity contribution < 1.29 is 41.4 Å². The van der Waals surface area contributed by atoms with Crippen molar-refractivity contribution in [3.8, 4) is 0 Å². The van der Waals surface area contributed by atoms with Crippen molar-refractivity contribution in [2.75, 3.05) is 39.4 Å². The summed E-state index contributed by atoms with van der Waals surface area (Å²) in [4.78, 5) is 21.7. The molecule has 0 radical (unpaired) electrons. The molecule has 0 bridgehead atoms. The Morgan fingerprint density at radius 1 is 0.642 bits per heavy atom. The Hall–Kier alpha value is -2.41. The molecule has 0 aliphatic carbocycles. The van der Waals surface area contributed by atoms with Crippen LogP contribution in [0.3, 0.4) is 0 Å². The van der Waals surface area contributed by atoms with E-state index < -0.39 is 11.4 Å². The highest BCUT2D eigenvalue weighted by atomic mass is 35.5. The molecule has 0 aromatic heterocycles. The molecule has 326 valence electrons. The summed E-state index contributed by atoms with van der Waals surface area (Å²) in [5.74, 6) is 0.105. The van der Waals surface area contributed by atoms with Gasteiger partial charge in [0, 0.05) is 0 Å². The first kappa shape index (κ1) is 83.5. The number of carbonyl (C=O) groups excluding carboxylic acids is 1. The summed E-state index contributed by atoms with van der Waals surface area (Å²) in [7, 11) is 0. The number of ether oxygens (including phenoxy) is 1. The zero-order valence-electron chi connectivity index (χ0n) is 29.7. The van der Waals surface area contributed by atoms with Gasteiger partial charge in [0.15, 0.2) is 0 Å². The van der Waals surface area contributed by atoms with Crippen LogP contribution in [0.5, 0.6) is 0 Å². The summed E-state index contributed by atoms with van der Waals surface area (Å²) in [5, 5.41) is 17.0. The Morgan fingerprint density at radius 3 is 1.23 bits per heavy atom. The van der Waals surface area contributed by atoms with Gasteiger partial charge in [0.1, 0.15) is 6.61 Å². The van der Waals surface area contributed by atoms with Crippen molar-refractivity contribution in [1.82, 2.24) is 0 Å². The van der Waals surface area contributed by atoms with E-state index in [1.165, 1.54) is 48.2 Å². The summed E-state index contributed by atoms with van der Waals surface area (Å²) in [6, 6.07) is 17.7. The maximum atomic E-state index is 11.1. The van der Waals surface area contributed by atoms with E-state index in [0.29, 0.717) is 17.4 Å². The van der Waals surface area contributed by atoms with Crippen LogP contribution < -0.4 is 12.4 Å². The molecular weight excluding hydrogens is 682 g/mol. The highest BCUT2D eigenvalue weighted by molar-refractivity contribution is 5.87. The SMILES string of the molecule is C.C.C.C.C.C.C.C.C.CCC(C)(C)C(=O)OCCO.CCC(C)c1ccc(C(=O)O)cc1.CCC(C)c1ccccc1.CC[N+](CC)(CC)CC.[Cl-]. The van der Waals surface area contributed by atoms with Crippen LogP contribution in [-0.2, 0) is 9.53 Å². The lowest BCUT2D eigenvalue weighted by Gasteiger charge is -2.34. The Labute approximate surface area is 342 Å². The van der Waals surface area contributed by atoms with Crippen molar-refractivity contribution in [3.05, 3.63) is 71.3 Å². The number of carboxylic acids is 1. The number of aliphatic hydroxyl groups excluding tert-OH is 1. The maximum absolute atomic E-state index is 11.1. The Balaban J connectivity index is -0.0000000401. The monoisotopic (exact) mass is 782 g/mol. The smallest absolute Gasteiger partial charge is 0.335 e. The number of halogens is 1. The molecule has 2 rings (SSSR count). The largest absolute Gasteiger partial charge is 1.00 e. The Bertz CT molecular complexity index is 960. The van der Waals surface area contributed by atoms with Crippen LogP contribution in [0.25, 0.3) is 0 Å². The third-order valence-corrected chi connectivity index (χ3v) is 8.76. The highest BCUT2D eigenvalue weighted by Crippen LogP contribution is 2.21. The molecule has 2 atom stereocenters. The minimum atomic E-state index is -0.865. The minimum Gasteiger partial charge on any atom is -1.00 e. The van der Waals surface area contributed by atoms with E-state index in [1.807, 2.05) is 32.9 Å². The lowest BCUT2D eigenvalue weighted by Crippen LogP contribution is -3.00. The first-order valence-electron chi connectivity index (χ1n) is 16.3. The second kappa shape index (κ2) is 47.6. The molecule has 6 nitrogen and oxygen atoms in total. The van der Waals surface area contributed by atoms with Gasteiger partial charge < -0.3 is 31.8 Å². The molecule has 0 saturated carbocycles. The van der Waals surface area contributed by atoms with Crippen LogP contribution in [0.4, 0.5) is 0 Å². The molecule has 2 aromatic carbocycles. The van der Waals surface area contributed by atoms with Gasteiger partial charge in [-0.05, 0) is 95.9 Å². The summed E-state index contributed by atoms with van der Waals surface area (Å²) < 4.78 is 6.04. The average Bonchev–Trinajstić information content (AvgIpc) is 3.05. The van der Waals surface area contributed by atoms with Crippen molar-refractivity contribution in [2.45, 2.75) is 174 Å². The van der Waals surface area contributed by atoms with E-state index in [0.717, 1.165) is 12.8 Å². The fraction of sp³-hybridized carbons (Fsp3) is 0.696. The molecule has 2 N–H and O–H groups in total. The van der Waals surface area contributed by atoms with Gasteiger partial charge in [0.2, 0.25) is 0 Å². The van der Waals surface area contributed by atoms with Crippen LogP contribution in [0.15, 0.2) is 54.6 Å². The van der Waals surface area contributed by atoms with Gasteiger partial charge in [-0.2, -0.15) is 0 Å².